The molecule has 0 atom stereocenters. The van der Waals surface area contributed by atoms with Crippen LogP contribution < -0.4 is 4.74 Å². The summed E-state index contributed by atoms with van der Waals surface area (Å²) >= 11 is 0. The highest BCUT2D eigenvalue weighted by molar-refractivity contribution is 5.97. The SMILES string of the molecule is CCCCN(CC(=O)N(CCc1c[nH]c2ccccc12)Cc1ccc(C(F)(F)F)cc1)C(=O)c1cccc(OC)c1. The highest BCUT2D eigenvalue weighted by Crippen LogP contribution is 2.29. The van der Waals surface area contributed by atoms with Crippen molar-refractivity contribution in [3.8, 4) is 5.75 Å². The van der Waals surface area contributed by atoms with Crippen molar-refractivity contribution in [3.63, 3.8) is 0 Å². The summed E-state index contributed by atoms with van der Waals surface area (Å²) in [7, 11) is 1.52. The van der Waals surface area contributed by atoms with Gasteiger partial charge in [-0.2, -0.15) is 13.2 Å². The Hall–Kier alpha value is -4.27. The number of ether oxygens (including phenoxy) is 1. The third kappa shape index (κ3) is 7.68. The predicted molar refractivity (Wildman–Crippen MR) is 153 cm³/mol. The number of fused-ring (bicyclic) bond motifs is 1. The van der Waals surface area contributed by atoms with E-state index in [1.165, 1.54) is 24.1 Å². The van der Waals surface area contributed by atoms with Crippen molar-refractivity contribution in [3.05, 3.63) is 101 Å². The van der Waals surface area contributed by atoms with Gasteiger partial charge in [0.2, 0.25) is 5.91 Å². The first-order valence-corrected chi connectivity index (χ1v) is 13.6. The van der Waals surface area contributed by atoms with Gasteiger partial charge in [0.05, 0.1) is 12.7 Å². The summed E-state index contributed by atoms with van der Waals surface area (Å²) in [5, 5.41) is 1.05. The zero-order valence-electron chi connectivity index (χ0n) is 23.2. The second kappa shape index (κ2) is 13.4. The lowest BCUT2D eigenvalue weighted by atomic mass is 10.1. The first-order valence-electron chi connectivity index (χ1n) is 13.6. The molecule has 0 fully saturated rings. The highest BCUT2D eigenvalue weighted by Gasteiger charge is 2.30. The number of nitrogens with zero attached hydrogens (tertiary/aromatic N) is 2. The van der Waals surface area contributed by atoms with Crippen molar-refractivity contribution in [1.82, 2.24) is 14.8 Å². The minimum absolute atomic E-state index is 0.119. The zero-order chi connectivity index (χ0) is 29.4. The van der Waals surface area contributed by atoms with Crippen molar-refractivity contribution in [2.45, 2.75) is 38.9 Å². The van der Waals surface area contributed by atoms with Crippen LogP contribution in [0.2, 0.25) is 0 Å². The second-order valence-corrected chi connectivity index (χ2v) is 9.93. The van der Waals surface area contributed by atoms with Crippen molar-refractivity contribution < 1.29 is 27.5 Å². The van der Waals surface area contributed by atoms with Gasteiger partial charge in [-0.25, -0.2) is 0 Å². The van der Waals surface area contributed by atoms with Gasteiger partial charge in [-0.15, -0.1) is 0 Å². The van der Waals surface area contributed by atoms with Crippen LogP contribution in [-0.2, 0) is 23.9 Å². The first kappa shape index (κ1) is 29.7. The fraction of sp³-hybridized carbons (Fsp3) is 0.312. The number of carbonyl (C=O) groups excluding carboxylic acids is 2. The number of carbonyl (C=O) groups is 2. The number of alkyl halides is 3. The van der Waals surface area contributed by atoms with Crippen LogP contribution in [0.1, 0.15) is 46.8 Å². The number of halogens is 3. The van der Waals surface area contributed by atoms with Crippen molar-refractivity contribution >= 4 is 22.7 Å². The smallest absolute Gasteiger partial charge is 0.416 e. The molecule has 1 heterocycles. The maximum absolute atomic E-state index is 13.7. The molecule has 0 saturated carbocycles. The maximum atomic E-state index is 13.7. The van der Waals surface area contributed by atoms with Gasteiger partial charge >= 0.3 is 6.18 Å². The van der Waals surface area contributed by atoms with Crippen LogP contribution >= 0.6 is 0 Å². The summed E-state index contributed by atoms with van der Waals surface area (Å²) in [6, 6.07) is 19.5. The van der Waals surface area contributed by atoms with Crippen molar-refractivity contribution in [1.29, 1.82) is 0 Å². The Morgan fingerprint density at radius 2 is 1.68 bits per heavy atom. The molecule has 3 aromatic carbocycles. The summed E-state index contributed by atoms with van der Waals surface area (Å²) in [5.74, 6) is -0.0193. The molecule has 0 aliphatic rings. The van der Waals surface area contributed by atoms with Gasteiger partial charge in [-0.3, -0.25) is 9.59 Å². The van der Waals surface area contributed by atoms with Crippen LogP contribution in [-0.4, -0.2) is 53.3 Å². The number of hydrogen-bond donors (Lipinski definition) is 1. The standard InChI is InChI=1S/C32H34F3N3O3/c1-3-4-17-38(31(40)24-8-7-9-27(19-24)41-2)22-30(39)37(21-23-12-14-26(15-13-23)32(33,34)35)18-16-25-20-36-29-11-6-5-10-28(25)29/h5-15,19-20,36H,3-4,16-18,21-22H2,1-2H3. The molecule has 4 rings (SSSR count). The number of rotatable bonds is 12. The van der Waals surface area contributed by atoms with Crippen molar-refractivity contribution in [2.75, 3.05) is 26.7 Å². The fourth-order valence-corrected chi connectivity index (χ4v) is 4.71. The van der Waals surface area contributed by atoms with Crippen LogP contribution in [0, 0.1) is 0 Å². The van der Waals surface area contributed by atoms with Crippen LogP contribution in [0.5, 0.6) is 5.75 Å². The van der Waals surface area contributed by atoms with Gasteiger partial charge in [0, 0.05) is 42.3 Å². The van der Waals surface area contributed by atoms with E-state index < -0.39 is 11.7 Å². The molecule has 6 nitrogen and oxygen atoms in total. The minimum atomic E-state index is -4.44. The number of H-pyrrole nitrogens is 1. The van der Waals surface area contributed by atoms with Crippen LogP contribution in [0.25, 0.3) is 10.9 Å². The lowest BCUT2D eigenvalue weighted by Gasteiger charge is -2.28. The fourth-order valence-electron chi connectivity index (χ4n) is 4.71. The monoisotopic (exact) mass is 565 g/mol. The molecule has 0 bridgehead atoms. The quantitative estimate of drug-likeness (QED) is 0.208. The number of amides is 2. The third-order valence-electron chi connectivity index (χ3n) is 7.04. The predicted octanol–water partition coefficient (Wildman–Crippen LogP) is 6.71. The molecule has 1 N–H and O–H groups in total. The average Bonchev–Trinajstić information content (AvgIpc) is 3.39. The Labute approximate surface area is 237 Å². The Bertz CT molecular complexity index is 1460. The largest absolute Gasteiger partial charge is 0.497 e. The molecule has 0 aliphatic carbocycles. The maximum Gasteiger partial charge on any atom is 0.416 e. The highest BCUT2D eigenvalue weighted by atomic mass is 19.4. The molecule has 0 spiro atoms. The van der Waals surface area contributed by atoms with E-state index in [2.05, 4.69) is 4.98 Å². The molecule has 0 aliphatic heterocycles. The number of hydrogen-bond acceptors (Lipinski definition) is 3. The number of aromatic amines is 1. The normalized spacial score (nSPS) is 11.4. The Morgan fingerprint density at radius 1 is 0.927 bits per heavy atom. The van der Waals surface area contributed by atoms with Crippen molar-refractivity contribution in [2.24, 2.45) is 0 Å². The van der Waals surface area contributed by atoms with E-state index in [0.29, 0.717) is 36.4 Å². The van der Waals surface area contributed by atoms with E-state index in [4.69, 9.17) is 4.74 Å². The van der Waals surface area contributed by atoms with Crippen LogP contribution in [0.4, 0.5) is 13.2 Å². The third-order valence-corrected chi connectivity index (χ3v) is 7.04. The molecule has 9 heteroatoms. The minimum Gasteiger partial charge on any atom is -0.497 e. The number of aromatic nitrogens is 1. The van der Waals surface area contributed by atoms with Gasteiger partial charge < -0.3 is 19.5 Å². The average molecular weight is 566 g/mol. The summed E-state index contributed by atoms with van der Waals surface area (Å²) in [5.41, 5.74) is 2.26. The number of benzene rings is 3. The molecule has 1 aromatic heterocycles. The molecule has 41 heavy (non-hydrogen) atoms. The number of nitrogens with one attached hydrogen (secondary N) is 1. The van der Waals surface area contributed by atoms with E-state index in [0.717, 1.165) is 41.4 Å². The van der Waals surface area contributed by atoms with E-state index in [1.54, 1.807) is 29.2 Å². The molecular formula is C32H34F3N3O3. The molecule has 0 radical (unpaired) electrons. The summed E-state index contributed by atoms with van der Waals surface area (Å²) in [6.45, 7) is 2.71. The lowest BCUT2D eigenvalue weighted by Crippen LogP contribution is -2.43. The molecular weight excluding hydrogens is 531 g/mol. The molecule has 4 aromatic rings. The molecule has 2 amide bonds. The topological polar surface area (TPSA) is 65.6 Å². The van der Waals surface area contributed by atoms with Gasteiger partial charge in [0.1, 0.15) is 12.3 Å². The van der Waals surface area contributed by atoms with Crippen LogP contribution in [0.3, 0.4) is 0 Å². The Kier molecular flexibility index (Phi) is 9.70. The van der Waals surface area contributed by atoms with E-state index in [1.807, 2.05) is 37.4 Å². The van der Waals surface area contributed by atoms with E-state index in [9.17, 15) is 22.8 Å². The number of para-hydroxylation sites is 1. The zero-order valence-corrected chi connectivity index (χ0v) is 23.2. The van der Waals surface area contributed by atoms with Gasteiger partial charge in [-0.1, -0.05) is 49.7 Å². The van der Waals surface area contributed by atoms with Gasteiger partial charge in [0.25, 0.3) is 5.91 Å². The van der Waals surface area contributed by atoms with Gasteiger partial charge in [-0.05, 0) is 60.4 Å². The second-order valence-electron chi connectivity index (χ2n) is 9.93. The molecule has 0 saturated heterocycles. The summed E-state index contributed by atoms with van der Waals surface area (Å²) in [4.78, 5) is 33.6. The van der Waals surface area contributed by atoms with E-state index in [-0.39, 0.29) is 24.9 Å². The number of methoxy groups -OCH3 is 1. The lowest BCUT2D eigenvalue weighted by molar-refractivity contribution is -0.137. The number of unbranched alkanes of at least 4 members (excludes halogenated alkanes) is 1. The summed E-state index contributed by atoms with van der Waals surface area (Å²) in [6.07, 6.45) is -0.437. The van der Waals surface area contributed by atoms with Crippen LogP contribution in [0.15, 0.2) is 79.0 Å². The first-order chi connectivity index (χ1) is 19.7. The molecule has 216 valence electrons. The van der Waals surface area contributed by atoms with Gasteiger partial charge in [0.15, 0.2) is 0 Å². The Balaban J connectivity index is 1.56. The molecule has 0 unspecified atom stereocenters. The summed E-state index contributed by atoms with van der Waals surface area (Å²) < 4.78 is 44.6. The Morgan fingerprint density at radius 3 is 2.39 bits per heavy atom. The van der Waals surface area contributed by atoms with E-state index >= 15 is 0 Å².